The number of carboxylic acids is 1. The van der Waals surface area contributed by atoms with Gasteiger partial charge in [0.25, 0.3) is 5.91 Å². The number of carbonyl (C=O) groups excluding carboxylic acids is 1. The number of hydrogen-bond acceptors (Lipinski definition) is 4. The molecule has 6 nitrogen and oxygen atoms in total. The maximum atomic E-state index is 12.7. The molecular formula is C19H21NO5. The Morgan fingerprint density at radius 1 is 1.16 bits per heavy atom. The van der Waals surface area contributed by atoms with Crippen LogP contribution in [0.3, 0.4) is 0 Å². The predicted octanol–water partition coefficient (Wildman–Crippen LogP) is 3.74. The fourth-order valence-electron chi connectivity index (χ4n) is 2.23. The topological polar surface area (TPSA) is 84.9 Å². The van der Waals surface area contributed by atoms with Gasteiger partial charge >= 0.3 is 5.97 Å². The van der Waals surface area contributed by atoms with Crippen molar-refractivity contribution in [2.24, 2.45) is 0 Å². The van der Waals surface area contributed by atoms with Crippen LogP contribution in [-0.2, 0) is 0 Å². The minimum Gasteiger partial charge on any atom is -0.497 e. The van der Waals surface area contributed by atoms with E-state index in [4.69, 9.17) is 14.6 Å². The van der Waals surface area contributed by atoms with Crippen molar-refractivity contribution in [2.75, 3.05) is 19.0 Å². The van der Waals surface area contributed by atoms with Crippen LogP contribution in [0.4, 0.5) is 5.69 Å². The van der Waals surface area contributed by atoms with E-state index >= 15 is 0 Å². The van der Waals surface area contributed by atoms with Crippen molar-refractivity contribution in [1.82, 2.24) is 0 Å². The Balaban J connectivity index is 2.31. The molecule has 132 valence electrons. The number of carbonyl (C=O) groups is 2. The fourth-order valence-corrected chi connectivity index (χ4v) is 2.23. The van der Waals surface area contributed by atoms with Crippen LogP contribution in [0, 0.1) is 6.92 Å². The van der Waals surface area contributed by atoms with E-state index in [1.807, 2.05) is 6.92 Å². The Hall–Kier alpha value is -3.02. The highest BCUT2D eigenvalue weighted by Crippen LogP contribution is 2.27. The average molecular weight is 343 g/mol. The summed E-state index contributed by atoms with van der Waals surface area (Å²) in [4.78, 5) is 23.8. The van der Waals surface area contributed by atoms with Gasteiger partial charge in [0.05, 0.1) is 24.8 Å². The smallest absolute Gasteiger partial charge is 0.335 e. The van der Waals surface area contributed by atoms with Crippen LogP contribution in [0.15, 0.2) is 36.4 Å². The van der Waals surface area contributed by atoms with Gasteiger partial charge in [-0.15, -0.1) is 0 Å². The molecule has 0 saturated carbocycles. The summed E-state index contributed by atoms with van der Waals surface area (Å²) in [6.07, 6.45) is 0.804. The summed E-state index contributed by atoms with van der Waals surface area (Å²) < 4.78 is 10.8. The third-order valence-corrected chi connectivity index (χ3v) is 3.63. The molecule has 0 fully saturated rings. The molecule has 0 saturated heterocycles. The van der Waals surface area contributed by atoms with Crippen LogP contribution >= 0.6 is 0 Å². The standard InChI is InChI=1S/C19H21NO5/c1-4-9-25-17-11-14(24-3)7-8-15(17)18(21)20-16-10-13(19(22)23)6-5-12(16)2/h5-8,10-11H,4,9H2,1-3H3,(H,20,21)(H,22,23). The number of carboxylic acid groups (broad SMARTS) is 1. The molecule has 0 aliphatic rings. The lowest BCUT2D eigenvalue weighted by atomic mass is 10.1. The third-order valence-electron chi connectivity index (χ3n) is 3.63. The Labute approximate surface area is 146 Å². The maximum Gasteiger partial charge on any atom is 0.335 e. The fraction of sp³-hybridized carbons (Fsp3) is 0.263. The van der Waals surface area contributed by atoms with Gasteiger partial charge in [-0.1, -0.05) is 13.0 Å². The predicted molar refractivity (Wildman–Crippen MR) is 94.9 cm³/mol. The van der Waals surface area contributed by atoms with E-state index in [1.54, 1.807) is 38.3 Å². The highest BCUT2D eigenvalue weighted by Gasteiger charge is 2.16. The van der Waals surface area contributed by atoms with Crippen LogP contribution < -0.4 is 14.8 Å². The number of amides is 1. The highest BCUT2D eigenvalue weighted by atomic mass is 16.5. The molecular weight excluding hydrogens is 322 g/mol. The molecule has 2 aromatic rings. The summed E-state index contributed by atoms with van der Waals surface area (Å²) in [7, 11) is 1.54. The van der Waals surface area contributed by atoms with Crippen molar-refractivity contribution in [3.63, 3.8) is 0 Å². The molecule has 0 bridgehead atoms. The van der Waals surface area contributed by atoms with Crippen molar-refractivity contribution >= 4 is 17.6 Å². The monoisotopic (exact) mass is 343 g/mol. The van der Waals surface area contributed by atoms with Crippen LogP contribution in [0.5, 0.6) is 11.5 Å². The third kappa shape index (κ3) is 4.50. The number of aromatic carboxylic acids is 1. The second kappa shape index (κ2) is 8.19. The molecule has 25 heavy (non-hydrogen) atoms. The summed E-state index contributed by atoms with van der Waals surface area (Å²) in [5.41, 5.74) is 1.68. The summed E-state index contributed by atoms with van der Waals surface area (Å²) in [5.74, 6) is -0.413. The number of aryl methyl sites for hydroxylation is 1. The van der Waals surface area contributed by atoms with Crippen molar-refractivity contribution in [2.45, 2.75) is 20.3 Å². The van der Waals surface area contributed by atoms with Gasteiger partial charge in [0.2, 0.25) is 0 Å². The number of anilines is 1. The molecule has 2 N–H and O–H groups in total. The molecule has 1 amide bonds. The quantitative estimate of drug-likeness (QED) is 0.800. The van der Waals surface area contributed by atoms with Crippen molar-refractivity contribution in [3.05, 3.63) is 53.1 Å². The van der Waals surface area contributed by atoms with Crippen LogP contribution in [0.25, 0.3) is 0 Å². The normalized spacial score (nSPS) is 10.2. The van der Waals surface area contributed by atoms with Gasteiger partial charge in [0.15, 0.2) is 0 Å². The number of hydrogen-bond donors (Lipinski definition) is 2. The van der Waals surface area contributed by atoms with Crippen molar-refractivity contribution in [1.29, 1.82) is 0 Å². The number of methoxy groups -OCH3 is 1. The van der Waals surface area contributed by atoms with E-state index in [2.05, 4.69) is 5.32 Å². The van der Waals surface area contributed by atoms with Crippen LogP contribution in [0.2, 0.25) is 0 Å². The molecule has 0 aliphatic carbocycles. The number of rotatable bonds is 7. The Kier molecular flexibility index (Phi) is 6.00. The Bertz CT molecular complexity index is 785. The zero-order valence-corrected chi connectivity index (χ0v) is 14.5. The molecule has 0 radical (unpaired) electrons. The molecule has 0 aliphatic heterocycles. The Morgan fingerprint density at radius 3 is 2.56 bits per heavy atom. The summed E-state index contributed by atoms with van der Waals surface area (Å²) in [6, 6.07) is 9.54. The average Bonchev–Trinajstić information content (AvgIpc) is 2.61. The zero-order chi connectivity index (χ0) is 18.4. The molecule has 0 heterocycles. The molecule has 0 aromatic heterocycles. The Morgan fingerprint density at radius 2 is 1.92 bits per heavy atom. The molecule has 0 spiro atoms. The lowest BCUT2D eigenvalue weighted by Crippen LogP contribution is -2.15. The lowest BCUT2D eigenvalue weighted by Gasteiger charge is -2.14. The summed E-state index contributed by atoms with van der Waals surface area (Å²) in [5, 5.41) is 11.9. The van der Waals surface area contributed by atoms with E-state index in [0.29, 0.717) is 29.4 Å². The lowest BCUT2D eigenvalue weighted by molar-refractivity contribution is 0.0696. The van der Waals surface area contributed by atoms with Gasteiger partial charge in [0, 0.05) is 11.8 Å². The first kappa shape index (κ1) is 18.3. The van der Waals surface area contributed by atoms with E-state index in [0.717, 1.165) is 12.0 Å². The van der Waals surface area contributed by atoms with Gasteiger partial charge < -0.3 is 19.9 Å². The summed E-state index contributed by atoms with van der Waals surface area (Å²) in [6.45, 7) is 4.24. The first-order valence-corrected chi connectivity index (χ1v) is 7.92. The minimum absolute atomic E-state index is 0.109. The number of benzene rings is 2. The molecule has 0 atom stereocenters. The van der Waals surface area contributed by atoms with Crippen LogP contribution in [-0.4, -0.2) is 30.7 Å². The SMILES string of the molecule is CCCOc1cc(OC)ccc1C(=O)Nc1cc(C(=O)O)ccc1C. The second-order valence-electron chi connectivity index (χ2n) is 5.50. The van der Waals surface area contributed by atoms with Gasteiger partial charge in [-0.25, -0.2) is 4.79 Å². The van der Waals surface area contributed by atoms with E-state index < -0.39 is 5.97 Å². The largest absolute Gasteiger partial charge is 0.497 e. The second-order valence-corrected chi connectivity index (χ2v) is 5.50. The number of nitrogens with one attached hydrogen (secondary N) is 1. The van der Waals surface area contributed by atoms with E-state index in [9.17, 15) is 9.59 Å². The van der Waals surface area contributed by atoms with Gasteiger partial charge in [-0.2, -0.15) is 0 Å². The molecule has 0 unspecified atom stereocenters. The zero-order valence-electron chi connectivity index (χ0n) is 14.5. The first-order valence-electron chi connectivity index (χ1n) is 7.92. The maximum absolute atomic E-state index is 12.7. The van der Waals surface area contributed by atoms with E-state index in [1.165, 1.54) is 12.1 Å². The highest BCUT2D eigenvalue weighted by molar-refractivity contribution is 6.07. The minimum atomic E-state index is -1.05. The molecule has 6 heteroatoms. The van der Waals surface area contributed by atoms with Gasteiger partial charge in [-0.3, -0.25) is 4.79 Å². The number of ether oxygens (including phenoxy) is 2. The van der Waals surface area contributed by atoms with E-state index in [-0.39, 0.29) is 11.5 Å². The van der Waals surface area contributed by atoms with Crippen LogP contribution in [0.1, 0.15) is 39.6 Å². The molecule has 2 rings (SSSR count). The van der Waals surface area contributed by atoms with Gasteiger partial charge in [0.1, 0.15) is 11.5 Å². The first-order chi connectivity index (χ1) is 12.0. The summed E-state index contributed by atoms with van der Waals surface area (Å²) >= 11 is 0. The van der Waals surface area contributed by atoms with Crippen molar-refractivity contribution in [3.8, 4) is 11.5 Å². The van der Waals surface area contributed by atoms with Gasteiger partial charge in [-0.05, 0) is 43.2 Å². The molecule has 2 aromatic carbocycles. The van der Waals surface area contributed by atoms with Crippen molar-refractivity contribution < 1.29 is 24.2 Å².